The lowest BCUT2D eigenvalue weighted by Crippen LogP contribution is -2.25. The first-order valence-electron chi connectivity index (χ1n) is 6.76. The van der Waals surface area contributed by atoms with Gasteiger partial charge in [-0.25, -0.2) is 8.78 Å². The van der Waals surface area contributed by atoms with E-state index in [1.165, 1.54) is 12.5 Å². The molecule has 0 radical (unpaired) electrons. The third-order valence-corrected chi connectivity index (χ3v) is 4.02. The summed E-state index contributed by atoms with van der Waals surface area (Å²) in [5, 5.41) is 0. The van der Waals surface area contributed by atoms with Crippen molar-refractivity contribution in [2.24, 2.45) is 5.73 Å². The molecule has 0 atom stereocenters. The molecule has 1 aliphatic rings. The SMILES string of the molecule is CCC(F)(F)c1ccc(C2CCC(N)CC2)cc1. The molecular weight excluding hydrogens is 232 g/mol. The zero-order valence-electron chi connectivity index (χ0n) is 10.8. The molecule has 100 valence electrons. The molecule has 0 aromatic heterocycles. The molecule has 1 aliphatic carbocycles. The minimum atomic E-state index is -2.70. The van der Waals surface area contributed by atoms with E-state index in [4.69, 9.17) is 5.73 Å². The minimum absolute atomic E-state index is 0.126. The van der Waals surface area contributed by atoms with Gasteiger partial charge in [0, 0.05) is 18.0 Å². The Labute approximate surface area is 107 Å². The lowest BCUT2D eigenvalue weighted by molar-refractivity contribution is -0.00830. The van der Waals surface area contributed by atoms with Gasteiger partial charge in [0.15, 0.2) is 0 Å². The van der Waals surface area contributed by atoms with Crippen LogP contribution in [0.2, 0.25) is 0 Å². The molecule has 0 unspecified atom stereocenters. The zero-order chi connectivity index (χ0) is 13.2. The van der Waals surface area contributed by atoms with E-state index in [2.05, 4.69) is 0 Å². The van der Waals surface area contributed by atoms with E-state index in [9.17, 15) is 8.78 Å². The predicted octanol–water partition coefficient (Wildman–Crippen LogP) is 4.17. The molecule has 2 N–H and O–H groups in total. The van der Waals surface area contributed by atoms with Gasteiger partial charge in [-0.1, -0.05) is 31.2 Å². The number of halogens is 2. The van der Waals surface area contributed by atoms with E-state index in [1.807, 2.05) is 12.1 Å². The summed E-state index contributed by atoms with van der Waals surface area (Å²) in [5.74, 6) is -2.21. The first kappa shape index (κ1) is 13.5. The van der Waals surface area contributed by atoms with Crippen LogP contribution in [0.4, 0.5) is 8.78 Å². The lowest BCUT2D eigenvalue weighted by Gasteiger charge is -2.26. The molecule has 1 saturated carbocycles. The molecule has 0 saturated heterocycles. The second-order valence-corrected chi connectivity index (χ2v) is 5.29. The Morgan fingerprint density at radius 2 is 1.67 bits per heavy atom. The van der Waals surface area contributed by atoms with Crippen LogP contribution in [0, 0.1) is 0 Å². The Morgan fingerprint density at radius 1 is 1.11 bits per heavy atom. The Balaban J connectivity index is 2.08. The van der Waals surface area contributed by atoms with Gasteiger partial charge in [0.1, 0.15) is 0 Å². The lowest BCUT2D eigenvalue weighted by atomic mass is 9.82. The molecule has 2 rings (SSSR count). The summed E-state index contributed by atoms with van der Waals surface area (Å²) >= 11 is 0. The predicted molar refractivity (Wildman–Crippen MR) is 69.8 cm³/mol. The average molecular weight is 253 g/mol. The molecule has 0 heterocycles. The van der Waals surface area contributed by atoms with Crippen LogP contribution < -0.4 is 5.73 Å². The number of nitrogens with two attached hydrogens (primary N) is 1. The van der Waals surface area contributed by atoms with Crippen LogP contribution in [0.3, 0.4) is 0 Å². The van der Waals surface area contributed by atoms with Gasteiger partial charge >= 0.3 is 0 Å². The Hall–Kier alpha value is -0.960. The Kier molecular flexibility index (Phi) is 4.00. The van der Waals surface area contributed by atoms with Crippen LogP contribution >= 0.6 is 0 Å². The van der Waals surface area contributed by atoms with Crippen molar-refractivity contribution in [1.29, 1.82) is 0 Å². The van der Waals surface area contributed by atoms with E-state index in [1.54, 1.807) is 12.1 Å². The van der Waals surface area contributed by atoms with Crippen molar-refractivity contribution in [3.8, 4) is 0 Å². The maximum Gasteiger partial charge on any atom is 0.273 e. The van der Waals surface area contributed by atoms with Crippen LogP contribution in [0.5, 0.6) is 0 Å². The summed E-state index contributed by atoms with van der Waals surface area (Å²) in [6.07, 6.45) is 4.08. The zero-order valence-corrected chi connectivity index (χ0v) is 10.8. The van der Waals surface area contributed by atoms with Crippen LogP contribution in [-0.2, 0) is 5.92 Å². The molecule has 1 aromatic rings. The largest absolute Gasteiger partial charge is 0.328 e. The van der Waals surface area contributed by atoms with Gasteiger partial charge in [0.25, 0.3) is 5.92 Å². The highest BCUT2D eigenvalue weighted by Gasteiger charge is 2.29. The average Bonchev–Trinajstić information content (AvgIpc) is 2.40. The normalized spacial score (nSPS) is 25.1. The third kappa shape index (κ3) is 2.89. The fourth-order valence-corrected chi connectivity index (χ4v) is 2.66. The fourth-order valence-electron chi connectivity index (χ4n) is 2.66. The monoisotopic (exact) mass is 253 g/mol. The van der Waals surface area contributed by atoms with E-state index in [0.717, 1.165) is 25.7 Å². The summed E-state index contributed by atoms with van der Waals surface area (Å²) in [6.45, 7) is 1.51. The number of hydrogen-bond acceptors (Lipinski definition) is 1. The summed E-state index contributed by atoms with van der Waals surface area (Å²) in [4.78, 5) is 0. The molecule has 0 amide bonds. The van der Waals surface area contributed by atoms with Crippen molar-refractivity contribution < 1.29 is 8.78 Å². The van der Waals surface area contributed by atoms with Crippen molar-refractivity contribution in [3.05, 3.63) is 35.4 Å². The van der Waals surface area contributed by atoms with Gasteiger partial charge in [-0.2, -0.15) is 0 Å². The Bertz CT molecular complexity index is 378. The number of benzene rings is 1. The molecule has 3 heteroatoms. The van der Waals surface area contributed by atoms with Crippen molar-refractivity contribution in [3.63, 3.8) is 0 Å². The fraction of sp³-hybridized carbons (Fsp3) is 0.600. The van der Waals surface area contributed by atoms with Gasteiger partial charge in [0.05, 0.1) is 0 Å². The maximum atomic E-state index is 13.5. The number of alkyl halides is 2. The first-order valence-corrected chi connectivity index (χ1v) is 6.76. The van der Waals surface area contributed by atoms with E-state index >= 15 is 0 Å². The van der Waals surface area contributed by atoms with Gasteiger partial charge in [-0.3, -0.25) is 0 Å². The topological polar surface area (TPSA) is 26.0 Å². The molecule has 1 aromatic carbocycles. The van der Waals surface area contributed by atoms with Gasteiger partial charge in [-0.15, -0.1) is 0 Å². The third-order valence-electron chi connectivity index (χ3n) is 4.02. The molecule has 18 heavy (non-hydrogen) atoms. The van der Waals surface area contributed by atoms with Crippen LogP contribution in [0.15, 0.2) is 24.3 Å². The smallest absolute Gasteiger partial charge is 0.273 e. The summed E-state index contributed by atoms with van der Waals surface area (Å²) in [7, 11) is 0. The van der Waals surface area contributed by atoms with Crippen molar-refractivity contribution in [1.82, 2.24) is 0 Å². The summed E-state index contributed by atoms with van der Waals surface area (Å²) < 4.78 is 27.0. The minimum Gasteiger partial charge on any atom is -0.328 e. The quantitative estimate of drug-likeness (QED) is 0.859. The molecule has 1 fully saturated rings. The second-order valence-electron chi connectivity index (χ2n) is 5.29. The van der Waals surface area contributed by atoms with E-state index in [-0.39, 0.29) is 12.0 Å². The van der Waals surface area contributed by atoms with E-state index < -0.39 is 5.92 Å². The van der Waals surface area contributed by atoms with Gasteiger partial charge < -0.3 is 5.73 Å². The van der Waals surface area contributed by atoms with Crippen molar-refractivity contribution in [2.45, 2.75) is 56.9 Å². The maximum absolute atomic E-state index is 13.5. The highest BCUT2D eigenvalue weighted by molar-refractivity contribution is 5.28. The number of hydrogen-bond donors (Lipinski definition) is 1. The van der Waals surface area contributed by atoms with Gasteiger partial charge in [0.2, 0.25) is 0 Å². The summed E-state index contributed by atoms with van der Waals surface area (Å²) in [5.41, 5.74) is 7.18. The van der Waals surface area contributed by atoms with Crippen molar-refractivity contribution >= 4 is 0 Å². The first-order chi connectivity index (χ1) is 8.53. The Morgan fingerprint density at radius 3 is 2.17 bits per heavy atom. The second kappa shape index (κ2) is 5.35. The molecule has 1 nitrogen and oxygen atoms in total. The molecule has 0 spiro atoms. The van der Waals surface area contributed by atoms with Crippen LogP contribution in [0.25, 0.3) is 0 Å². The van der Waals surface area contributed by atoms with E-state index in [0.29, 0.717) is 12.0 Å². The van der Waals surface area contributed by atoms with Crippen LogP contribution in [0.1, 0.15) is 56.1 Å². The summed E-state index contributed by atoms with van der Waals surface area (Å²) in [6, 6.07) is 7.20. The van der Waals surface area contributed by atoms with Crippen LogP contribution in [-0.4, -0.2) is 6.04 Å². The number of rotatable bonds is 3. The highest BCUT2D eigenvalue weighted by Crippen LogP contribution is 2.35. The molecular formula is C15H21F2N. The van der Waals surface area contributed by atoms with Gasteiger partial charge in [-0.05, 0) is 37.2 Å². The molecule has 0 aliphatic heterocycles. The van der Waals surface area contributed by atoms with Crippen molar-refractivity contribution in [2.75, 3.05) is 0 Å². The highest BCUT2D eigenvalue weighted by atomic mass is 19.3. The standard InChI is InChI=1S/C15H21F2N/c1-2-15(16,17)13-7-3-11(4-8-13)12-5-9-14(18)10-6-12/h3-4,7-8,12,14H,2,5-6,9-10,18H2,1H3. The molecule has 0 bridgehead atoms.